The lowest BCUT2D eigenvalue weighted by Gasteiger charge is -2.30. The smallest absolute Gasteiger partial charge is 0.410 e. The minimum atomic E-state index is -0.551. The lowest BCUT2D eigenvalue weighted by molar-refractivity contribution is 0.178. The molecule has 2 N–H and O–H groups in total. The molecule has 0 atom stereocenters. The number of anilines is 1. The van der Waals surface area contributed by atoms with Gasteiger partial charge in [0.15, 0.2) is 0 Å². The molecular weight excluding hydrogens is 270 g/mol. The molecule has 6 nitrogen and oxygen atoms in total. The highest BCUT2D eigenvalue weighted by molar-refractivity contribution is 5.90. The molecule has 1 aromatic carbocycles. The van der Waals surface area contributed by atoms with Crippen LogP contribution in [0.3, 0.4) is 0 Å². The van der Waals surface area contributed by atoms with Crippen LogP contribution in [0.25, 0.3) is 0 Å². The quantitative estimate of drug-likeness (QED) is 0.896. The van der Waals surface area contributed by atoms with Crippen molar-refractivity contribution in [3.05, 3.63) is 24.3 Å². The molecule has 0 aliphatic carbocycles. The summed E-state index contributed by atoms with van der Waals surface area (Å²) in [6, 6.07) is 6.71. The zero-order valence-corrected chi connectivity index (χ0v) is 13.1. The highest BCUT2D eigenvalue weighted by Gasteiger charge is 2.20. The highest BCUT2D eigenvalue weighted by Crippen LogP contribution is 2.18. The molecule has 0 spiro atoms. The normalized spacial score (nSPS) is 10.4. The molecule has 1 rings (SSSR count). The summed E-state index contributed by atoms with van der Waals surface area (Å²) in [5.74, 6) is 0.368. The minimum absolute atomic E-state index is 0.0929. The third-order valence-corrected chi connectivity index (χ3v) is 2.85. The fraction of sp³-hybridized carbons (Fsp3) is 0.467. The van der Waals surface area contributed by atoms with Gasteiger partial charge in [-0.1, -0.05) is 6.07 Å². The van der Waals surface area contributed by atoms with E-state index < -0.39 is 6.09 Å². The van der Waals surface area contributed by atoms with Gasteiger partial charge in [-0.25, -0.2) is 9.59 Å². The fourth-order valence-electron chi connectivity index (χ4n) is 2.05. The molecule has 0 fully saturated rings. The molecule has 0 aliphatic rings. The first kappa shape index (κ1) is 16.8. The van der Waals surface area contributed by atoms with E-state index in [4.69, 9.17) is 4.74 Å². The predicted octanol–water partition coefficient (Wildman–Crippen LogP) is 3.06. The largest absolute Gasteiger partial charge is 0.412 e. The molecule has 0 aromatic heterocycles. The lowest BCUT2D eigenvalue weighted by atomic mass is 10.2. The number of carbonyl (C=O) groups is 2. The Bertz CT molecular complexity index is 493. The van der Waals surface area contributed by atoms with Gasteiger partial charge >= 0.3 is 12.1 Å². The fourth-order valence-corrected chi connectivity index (χ4v) is 2.05. The van der Waals surface area contributed by atoms with Gasteiger partial charge in [0, 0.05) is 30.9 Å². The average Bonchev–Trinajstić information content (AvgIpc) is 2.37. The van der Waals surface area contributed by atoms with Crippen LogP contribution in [0.2, 0.25) is 0 Å². The van der Waals surface area contributed by atoms with E-state index in [1.807, 2.05) is 27.7 Å². The van der Waals surface area contributed by atoms with E-state index in [1.54, 1.807) is 29.2 Å². The lowest BCUT2D eigenvalue weighted by Crippen LogP contribution is -2.44. The number of hydrogen-bond acceptors (Lipinski definition) is 3. The van der Waals surface area contributed by atoms with Crippen molar-refractivity contribution in [2.75, 3.05) is 12.4 Å². The van der Waals surface area contributed by atoms with E-state index in [0.29, 0.717) is 11.4 Å². The summed E-state index contributed by atoms with van der Waals surface area (Å²) in [5, 5.41) is 5.18. The van der Waals surface area contributed by atoms with Crippen molar-refractivity contribution in [1.29, 1.82) is 0 Å². The van der Waals surface area contributed by atoms with Crippen LogP contribution in [0.15, 0.2) is 24.3 Å². The second-order valence-corrected chi connectivity index (χ2v) is 5.19. The number of benzene rings is 1. The molecule has 0 saturated carbocycles. The molecule has 21 heavy (non-hydrogen) atoms. The van der Waals surface area contributed by atoms with Crippen LogP contribution in [-0.2, 0) is 0 Å². The third kappa shape index (κ3) is 4.98. The Morgan fingerprint density at radius 1 is 1.14 bits per heavy atom. The zero-order valence-electron chi connectivity index (χ0n) is 13.1. The standard InChI is InChI=1S/C15H23N3O3/c1-10(2)18(11(3)4)14(19)17-12-7-6-8-13(9-12)21-15(20)16-5/h6-11H,1-5H3,(H,16,20)(H,17,19). The summed E-state index contributed by atoms with van der Waals surface area (Å²) in [4.78, 5) is 25.2. The van der Waals surface area contributed by atoms with E-state index in [1.165, 1.54) is 7.05 Å². The van der Waals surface area contributed by atoms with Crippen molar-refractivity contribution in [3.8, 4) is 5.75 Å². The Morgan fingerprint density at radius 2 is 1.76 bits per heavy atom. The number of ether oxygens (including phenoxy) is 1. The third-order valence-electron chi connectivity index (χ3n) is 2.85. The Morgan fingerprint density at radius 3 is 2.29 bits per heavy atom. The zero-order chi connectivity index (χ0) is 16.0. The number of carbonyl (C=O) groups excluding carboxylic acids is 2. The van der Waals surface area contributed by atoms with Crippen molar-refractivity contribution >= 4 is 17.8 Å². The second kappa shape index (κ2) is 7.52. The number of nitrogens with one attached hydrogen (secondary N) is 2. The maximum Gasteiger partial charge on any atom is 0.412 e. The molecule has 3 amide bonds. The molecule has 0 aliphatic heterocycles. The molecule has 0 unspecified atom stereocenters. The van der Waals surface area contributed by atoms with Gasteiger partial charge in [-0.2, -0.15) is 0 Å². The Labute approximate surface area is 125 Å². The Balaban J connectivity index is 2.80. The van der Waals surface area contributed by atoms with Gasteiger partial charge < -0.3 is 20.3 Å². The summed E-state index contributed by atoms with van der Waals surface area (Å²) in [6.07, 6.45) is -0.551. The summed E-state index contributed by atoms with van der Waals surface area (Å²) in [7, 11) is 1.48. The molecule has 1 aromatic rings. The van der Waals surface area contributed by atoms with Crippen molar-refractivity contribution in [1.82, 2.24) is 10.2 Å². The number of rotatable bonds is 4. The molecule has 6 heteroatoms. The average molecular weight is 293 g/mol. The molecule has 116 valence electrons. The first-order valence-electron chi connectivity index (χ1n) is 6.94. The summed E-state index contributed by atoms with van der Waals surface area (Å²) >= 11 is 0. The van der Waals surface area contributed by atoms with Gasteiger partial charge in [0.05, 0.1) is 0 Å². The molecule has 0 bridgehead atoms. The SMILES string of the molecule is CNC(=O)Oc1cccc(NC(=O)N(C(C)C)C(C)C)c1. The second-order valence-electron chi connectivity index (χ2n) is 5.19. The molecule has 0 radical (unpaired) electrons. The van der Waals surface area contributed by atoms with E-state index >= 15 is 0 Å². The van der Waals surface area contributed by atoms with Crippen LogP contribution < -0.4 is 15.4 Å². The van der Waals surface area contributed by atoms with Gasteiger partial charge in [0.25, 0.3) is 0 Å². The van der Waals surface area contributed by atoms with Gasteiger partial charge in [-0.3, -0.25) is 0 Å². The predicted molar refractivity (Wildman–Crippen MR) is 82.7 cm³/mol. The topological polar surface area (TPSA) is 70.7 Å². The van der Waals surface area contributed by atoms with Crippen LogP contribution in [-0.4, -0.2) is 36.2 Å². The Kier molecular flexibility index (Phi) is 6.02. The van der Waals surface area contributed by atoms with E-state index in [0.717, 1.165) is 0 Å². The van der Waals surface area contributed by atoms with Crippen LogP contribution >= 0.6 is 0 Å². The van der Waals surface area contributed by atoms with Crippen LogP contribution in [0.4, 0.5) is 15.3 Å². The van der Waals surface area contributed by atoms with E-state index in [9.17, 15) is 9.59 Å². The maximum atomic E-state index is 12.3. The molecule has 0 heterocycles. The van der Waals surface area contributed by atoms with Crippen molar-refractivity contribution in [2.45, 2.75) is 39.8 Å². The monoisotopic (exact) mass is 293 g/mol. The number of hydrogen-bond donors (Lipinski definition) is 2. The molecular formula is C15H23N3O3. The summed E-state index contributed by atoms with van der Waals surface area (Å²) < 4.78 is 5.03. The summed E-state index contributed by atoms with van der Waals surface area (Å²) in [6.45, 7) is 7.85. The first-order valence-corrected chi connectivity index (χ1v) is 6.94. The highest BCUT2D eigenvalue weighted by atomic mass is 16.5. The molecule has 0 saturated heterocycles. The van der Waals surface area contributed by atoms with Gasteiger partial charge in [0.1, 0.15) is 5.75 Å². The minimum Gasteiger partial charge on any atom is -0.410 e. The maximum absolute atomic E-state index is 12.3. The van der Waals surface area contributed by atoms with Gasteiger partial charge in [-0.05, 0) is 39.8 Å². The van der Waals surface area contributed by atoms with Crippen molar-refractivity contribution in [2.24, 2.45) is 0 Å². The van der Waals surface area contributed by atoms with Crippen molar-refractivity contribution in [3.63, 3.8) is 0 Å². The van der Waals surface area contributed by atoms with Crippen LogP contribution in [0.1, 0.15) is 27.7 Å². The van der Waals surface area contributed by atoms with E-state index in [-0.39, 0.29) is 18.1 Å². The number of nitrogens with zero attached hydrogens (tertiary/aromatic N) is 1. The summed E-state index contributed by atoms with van der Waals surface area (Å²) in [5.41, 5.74) is 0.577. The van der Waals surface area contributed by atoms with Crippen molar-refractivity contribution < 1.29 is 14.3 Å². The Hall–Kier alpha value is -2.24. The van der Waals surface area contributed by atoms with Crippen LogP contribution in [0, 0.1) is 0 Å². The van der Waals surface area contributed by atoms with E-state index in [2.05, 4.69) is 10.6 Å². The van der Waals surface area contributed by atoms with Gasteiger partial charge in [0.2, 0.25) is 0 Å². The first-order chi connectivity index (χ1) is 9.85. The van der Waals surface area contributed by atoms with Crippen LogP contribution in [0.5, 0.6) is 5.75 Å². The number of amides is 3. The number of urea groups is 1. The van der Waals surface area contributed by atoms with Gasteiger partial charge in [-0.15, -0.1) is 0 Å².